The van der Waals surface area contributed by atoms with Crippen LogP contribution in [0.15, 0.2) is 30.3 Å². The molecule has 0 radical (unpaired) electrons. The van der Waals surface area contributed by atoms with Crippen LogP contribution in [0.2, 0.25) is 10.0 Å². The molecule has 0 aliphatic heterocycles. The van der Waals surface area contributed by atoms with E-state index >= 15 is 0 Å². The Hall–Kier alpha value is -1.16. The van der Waals surface area contributed by atoms with Gasteiger partial charge in [-0.15, -0.1) is 0 Å². The molecule has 0 aromatic heterocycles. The number of hydrogen-bond donors (Lipinski definition) is 1. The third-order valence-corrected chi connectivity index (χ3v) is 3.93. The fourth-order valence-corrected chi connectivity index (χ4v) is 2.62. The normalized spacial score (nSPS) is 14.2. The van der Waals surface area contributed by atoms with Gasteiger partial charge in [0.1, 0.15) is 11.6 Å². The molecule has 106 valence electrons. The van der Waals surface area contributed by atoms with Crippen molar-refractivity contribution in [1.82, 2.24) is 0 Å². The van der Waals surface area contributed by atoms with Crippen LogP contribution >= 0.6 is 23.2 Å². The van der Waals surface area contributed by atoms with Crippen molar-refractivity contribution in [1.29, 1.82) is 0 Å². The van der Waals surface area contributed by atoms with Gasteiger partial charge in [0.05, 0.1) is 10.6 Å². The number of hydrogen-bond acceptors (Lipinski definition) is 1. The van der Waals surface area contributed by atoms with Crippen LogP contribution in [-0.4, -0.2) is 0 Å². The number of halogens is 4. The summed E-state index contributed by atoms with van der Waals surface area (Å²) in [6.07, 6.45) is 0. The molecular formula is C15H13Cl2F2N. The first kappa shape index (κ1) is 15.2. The maximum absolute atomic E-state index is 13.6. The Kier molecular flexibility index (Phi) is 4.05. The molecule has 0 amide bonds. The number of aryl methyl sites for hydroxylation is 1. The molecule has 1 unspecified atom stereocenters. The van der Waals surface area contributed by atoms with Gasteiger partial charge >= 0.3 is 0 Å². The fraction of sp³-hybridized carbons (Fsp3) is 0.200. The minimum absolute atomic E-state index is 0.0650. The molecule has 1 atom stereocenters. The summed E-state index contributed by atoms with van der Waals surface area (Å²) < 4.78 is 27.0. The predicted octanol–water partition coefficient (Wildman–Crippen LogP) is 4.80. The van der Waals surface area contributed by atoms with Crippen LogP contribution in [0.1, 0.15) is 23.6 Å². The summed E-state index contributed by atoms with van der Waals surface area (Å²) in [6, 6.07) is 7.04. The lowest BCUT2D eigenvalue weighted by Gasteiger charge is -2.27. The third kappa shape index (κ3) is 2.66. The van der Waals surface area contributed by atoms with Gasteiger partial charge in [-0.3, -0.25) is 0 Å². The molecule has 0 bridgehead atoms. The van der Waals surface area contributed by atoms with Crippen molar-refractivity contribution in [2.45, 2.75) is 19.4 Å². The first-order chi connectivity index (χ1) is 9.23. The van der Waals surface area contributed by atoms with Gasteiger partial charge in [-0.05, 0) is 48.7 Å². The summed E-state index contributed by atoms with van der Waals surface area (Å²) in [7, 11) is 0. The Morgan fingerprint density at radius 1 is 1.00 bits per heavy atom. The van der Waals surface area contributed by atoms with E-state index in [-0.39, 0.29) is 15.9 Å². The van der Waals surface area contributed by atoms with E-state index in [9.17, 15) is 8.78 Å². The molecule has 0 aliphatic rings. The number of benzene rings is 2. The van der Waals surface area contributed by atoms with Crippen molar-refractivity contribution >= 4 is 23.2 Å². The Labute approximate surface area is 126 Å². The van der Waals surface area contributed by atoms with Crippen molar-refractivity contribution in [3.8, 4) is 0 Å². The molecule has 2 aromatic carbocycles. The molecule has 2 aromatic rings. The maximum Gasteiger partial charge on any atom is 0.142 e. The van der Waals surface area contributed by atoms with E-state index in [0.717, 1.165) is 0 Å². The van der Waals surface area contributed by atoms with Crippen molar-refractivity contribution in [3.63, 3.8) is 0 Å². The van der Waals surface area contributed by atoms with Gasteiger partial charge in [-0.25, -0.2) is 8.78 Å². The Bertz CT molecular complexity index is 669. The Balaban J connectivity index is 2.59. The second kappa shape index (κ2) is 5.32. The van der Waals surface area contributed by atoms with E-state index in [1.54, 1.807) is 26.0 Å². The van der Waals surface area contributed by atoms with Crippen molar-refractivity contribution < 1.29 is 8.78 Å². The van der Waals surface area contributed by atoms with Crippen molar-refractivity contribution in [3.05, 3.63) is 68.7 Å². The van der Waals surface area contributed by atoms with Crippen molar-refractivity contribution in [2.75, 3.05) is 0 Å². The standard InChI is InChI=1S/C15H13Cl2F2N/c1-8-5-9(3-4-13(8)18)15(2,20)10-6-14(19)12(17)7-11(10)16/h3-7H,20H2,1-2H3. The van der Waals surface area contributed by atoms with E-state index in [1.807, 2.05) is 0 Å². The van der Waals surface area contributed by atoms with Gasteiger partial charge in [0.25, 0.3) is 0 Å². The second-order valence-corrected chi connectivity index (χ2v) is 5.73. The summed E-state index contributed by atoms with van der Waals surface area (Å²) >= 11 is 11.8. The Morgan fingerprint density at radius 3 is 2.25 bits per heavy atom. The lowest BCUT2D eigenvalue weighted by Crippen LogP contribution is -2.35. The molecule has 1 nitrogen and oxygen atoms in total. The van der Waals surface area contributed by atoms with Gasteiger partial charge in [-0.2, -0.15) is 0 Å². The zero-order valence-electron chi connectivity index (χ0n) is 11.0. The highest BCUT2D eigenvalue weighted by Gasteiger charge is 2.28. The first-order valence-electron chi connectivity index (χ1n) is 5.94. The van der Waals surface area contributed by atoms with Crippen LogP contribution in [0.4, 0.5) is 8.78 Å². The van der Waals surface area contributed by atoms with Crippen LogP contribution in [-0.2, 0) is 5.54 Å². The minimum atomic E-state index is -1.05. The highest BCUT2D eigenvalue weighted by Crippen LogP contribution is 2.35. The largest absolute Gasteiger partial charge is 0.318 e. The van der Waals surface area contributed by atoms with Crippen LogP contribution < -0.4 is 5.73 Å². The summed E-state index contributed by atoms with van der Waals surface area (Å²) in [4.78, 5) is 0. The van der Waals surface area contributed by atoms with Crippen LogP contribution in [0.3, 0.4) is 0 Å². The average Bonchev–Trinajstić information content (AvgIpc) is 2.36. The van der Waals surface area contributed by atoms with E-state index in [2.05, 4.69) is 0 Å². The lowest BCUT2D eigenvalue weighted by molar-refractivity contribution is 0.575. The predicted molar refractivity (Wildman–Crippen MR) is 78.2 cm³/mol. The topological polar surface area (TPSA) is 26.0 Å². The summed E-state index contributed by atoms with van der Waals surface area (Å²) in [5, 5.41) is 0.202. The summed E-state index contributed by atoms with van der Waals surface area (Å²) in [6.45, 7) is 3.33. The maximum atomic E-state index is 13.6. The van der Waals surface area contributed by atoms with Crippen LogP contribution in [0.25, 0.3) is 0 Å². The quantitative estimate of drug-likeness (QED) is 0.791. The van der Waals surface area contributed by atoms with Gasteiger partial charge in [-0.1, -0.05) is 35.3 Å². The molecular weight excluding hydrogens is 303 g/mol. The zero-order valence-corrected chi connectivity index (χ0v) is 12.5. The molecule has 0 aliphatic carbocycles. The molecule has 2 rings (SSSR count). The zero-order chi connectivity index (χ0) is 15.1. The first-order valence-corrected chi connectivity index (χ1v) is 6.69. The molecule has 2 N–H and O–H groups in total. The van der Waals surface area contributed by atoms with Crippen LogP contribution in [0, 0.1) is 18.6 Å². The molecule has 0 spiro atoms. The van der Waals surface area contributed by atoms with E-state index in [4.69, 9.17) is 28.9 Å². The molecule has 0 saturated carbocycles. The molecule has 5 heteroatoms. The molecule has 20 heavy (non-hydrogen) atoms. The van der Waals surface area contributed by atoms with Crippen molar-refractivity contribution in [2.24, 2.45) is 5.73 Å². The smallest absolute Gasteiger partial charge is 0.142 e. The monoisotopic (exact) mass is 315 g/mol. The lowest BCUT2D eigenvalue weighted by atomic mass is 9.85. The SMILES string of the molecule is Cc1cc(C(C)(N)c2cc(F)c(Cl)cc2Cl)ccc1F. The van der Waals surface area contributed by atoms with Gasteiger partial charge in [0, 0.05) is 5.02 Å². The van der Waals surface area contributed by atoms with E-state index in [0.29, 0.717) is 16.7 Å². The van der Waals surface area contributed by atoms with E-state index in [1.165, 1.54) is 18.2 Å². The van der Waals surface area contributed by atoms with Gasteiger partial charge in [0.2, 0.25) is 0 Å². The fourth-order valence-electron chi connectivity index (χ4n) is 2.04. The van der Waals surface area contributed by atoms with Gasteiger partial charge < -0.3 is 5.73 Å². The van der Waals surface area contributed by atoms with Crippen LogP contribution in [0.5, 0.6) is 0 Å². The number of rotatable bonds is 2. The summed E-state index contributed by atoms with van der Waals surface area (Å²) in [5.74, 6) is -0.917. The van der Waals surface area contributed by atoms with E-state index < -0.39 is 11.4 Å². The molecule has 0 saturated heterocycles. The third-order valence-electron chi connectivity index (χ3n) is 3.33. The second-order valence-electron chi connectivity index (χ2n) is 4.91. The highest BCUT2D eigenvalue weighted by molar-refractivity contribution is 6.35. The Morgan fingerprint density at radius 2 is 1.65 bits per heavy atom. The molecule has 0 fully saturated rings. The highest BCUT2D eigenvalue weighted by atomic mass is 35.5. The molecule has 0 heterocycles. The van der Waals surface area contributed by atoms with Gasteiger partial charge in [0.15, 0.2) is 0 Å². The number of nitrogens with two attached hydrogens (primary N) is 1. The average molecular weight is 316 g/mol. The summed E-state index contributed by atoms with van der Waals surface area (Å²) in [5.41, 5.74) is 6.72. The minimum Gasteiger partial charge on any atom is -0.318 e.